The lowest BCUT2D eigenvalue weighted by atomic mass is 10.0. The van der Waals surface area contributed by atoms with Crippen molar-refractivity contribution in [3.05, 3.63) is 77.4 Å². The summed E-state index contributed by atoms with van der Waals surface area (Å²) < 4.78 is 0. The molecule has 1 amide bonds. The third kappa shape index (κ3) is 5.04. The highest BCUT2D eigenvalue weighted by molar-refractivity contribution is 5.90. The molecule has 0 aliphatic carbocycles. The number of nitrogens with zero attached hydrogens (tertiary/aromatic N) is 1. The Kier molecular flexibility index (Phi) is 6.58. The second kappa shape index (κ2) is 9.32. The molecule has 0 bridgehead atoms. The first-order valence-electron chi connectivity index (χ1n) is 9.26. The van der Waals surface area contributed by atoms with Crippen LogP contribution < -0.4 is 5.48 Å². The van der Waals surface area contributed by atoms with Crippen LogP contribution >= 0.6 is 0 Å². The van der Waals surface area contributed by atoms with Crippen LogP contribution in [-0.4, -0.2) is 29.1 Å². The van der Waals surface area contributed by atoms with Gasteiger partial charge in [-0.3, -0.25) is 14.9 Å². The lowest BCUT2D eigenvalue weighted by Crippen LogP contribution is -2.24. The highest BCUT2D eigenvalue weighted by Gasteiger charge is 2.25. The Morgan fingerprint density at radius 2 is 1.92 bits per heavy atom. The number of hydrogen-bond donors (Lipinski definition) is 2. The summed E-state index contributed by atoms with van der Waals surface area (Å²) in [5.41, 5.74) is 5.29. The summed E-state index contributed by atoms with van der Waals surface area (Å²) in [6.45, 7) is 2.29. The first-order chi connectivity index (χ1) is 12.8. The van der Waals surface area contributed by atoms with E-state index in [9.17, 15) is 4.79 Å². The second-order valence-corrected chi connectivity index (χ2v) is 6.76. The average Bonchev–Trinajstić information content (AvgIpc) is 3.16. The van der Waals surface area contributed by atoms with Crippen LogP contribution in [0.4, 0.5) is 0 Å². The van der Waals surface area contributed by atoms with Crippen LogP contribution in [0.3, 0.4) is 0 Å². The molecule has 1 fully saturated rings. The molecule has 4 heteroatoms. The maximum atomic E-state index is 11.1. The summed E-state index contributed by atoms with van der Waals surface area (Å²) in [5.74, 6) is -0.519. The van der Waals surface area contributed by atoms with E-state index in [0.717, 1.165) is 25.1 Å². The second-order valence-electron chi connectivity index (χ2n) is 6.76. The molecule has 2 aromatic carbocycles. The van der Waals surface area contributed by atoms with E-state index in [0.29, 0.717) is 6.04 Å². The van der Waals surface area contributed by atoms with Crippen LogP contribution in [0.25, 0.3) is 6.08 Å². The van der Waals surface area contributed by atoms with Gasteiger partial charge in [-0.05, 0) is 61.5 Å². The third-order valence-corrected chi connectivity index (χ3v) is 4.98. The fourth-order valence-corrected chi connectivity index (χ4v) is 3.64. The van der Waals surface area contributed by atoms with E-state index < -0.39 is 5.91 Å². The minimum absolute atomic E-state index is 0.490. The Labute approximate surface area is 155 Å². The topological polar surface area (TPSA) is 52.6 Å². The summed E-state index contributed by atoms with van der Waals surface area (Å²) >= 11 is 0. The Balaban J connectivity index is 1.55. The lowest BCUT2D eigenvalue weighted by molar-refractivity contribution is -0.124. The van der Waals surface area contributed by atoms with Gasteiger partial charge in [-0.1, -0.05) is 54.6 Å². The summed E-state index contributed by atoms with van der Waals surface area (Å²) in [7, 11) is 0. The molecule has 1 heterocycles. The van der Waals surface area contributed by atoms with Gasteiger partial charge in [0.2, 0.25) is 0 Å². The lowest BCUT2D eigenvalue weighted by Gasteiger charge is -2.25. The number of hydroxylamine groups is 1. The highest BCUT2D eigenvalue weighted by Crippen LogP contribution is 2.32. The van der Waals surface area contributed by atoms with Crippen LogP contribution in [0.5, 0.6) is 0 Å². The fourth-order valence-electron chi connectivity index (χ4n) is 3.64. The van der Waals surface area contributed by atoms with E-state index >= 15 is 0 Å². The molecule has 0 aromatic heterocycles. The van der Waals surface area contributed by atoms with E-state index in [4.69, 9.17) is 5.21 Å². The number of aryl methyl sites for hydroxylation is 1. The van der Waals surface area contributed by atoms with Gasteiger partial charge in [0.1, 0.15) is 0 Å². The van der Waals surface area contributed by atoms with Crippen LogP contribution in [0.15, 0.2) is 60.7 Å². The predicted molar refractivity (Wildman–Crippen MR) is 104 cm³/mol. The maximum absolute atomic E-state index is 11.1. The summed E-state index contributed by atoms with van der Waals surface area (Å²) in [5, 5.41) is 8.52. The van der Waals surface area contributed by atoms with E-state index in [-0.39, 0.29) is 0 Å². The molecular formula is C22H26N2O2. The van der Waals surface area contributed by atoms with Gasteiger partial charge >= 0.3 is 0 Å². The van der Waals surface area contributed by atoms with Crippen molar-refractivity contribution in [2.75, 3.05) is 13.1 Å². The molecule has 1 aliphatic rings. The summed E-state index contributed by atoms with van der Waals surface area (Å²) in [6, 6.07) is 19.5. The van der Waals surface area contributed by atoms with Gasteiger partial charge in [0.05, 0.1) is 0 Å². The first kappa shape index (κ1) is 18.4. The molecule has 2 aromatic rings. The number of nitrogens with one attached hydrogen (secondary N) is 1. The van der Waals surface area contributed by atoms with Crippen LogP contribution in [0.1, 0.15) is 42.0 Å². The molecule has 1 atom stereocenters. The van der Waals surface area contributed by atoms with Gasteiger partial charge in [-0.15, -0.1) is 0 Å². The van der Waals surface area contributed by atoms with Crippen LogP contribution in [0, 0.1) is 0 Å². The molecule has 4 nitrogen and oxygen atoms in total. The molecule has 0 spiro atoms. The number of hydrogen-bond acceptors (Lipinski definition) is 3. The Bertz CT molecular complexity index is 726. The van der Waals surface area contributed by atoms with E-state index in [1.165, 1.54) is 36.5 Å². The Hall–Kier alpha value is -2.43. The zero-order valence-corrected chi connectivity index (χ0v) is 15.0. The quantitative estimate of drug-likeness (QED) is 0.451. The van der Waals surface area contributed by atoms with Crippen molar-refractivity contribution >= 4 is 12.0 Å². The fraction of sp³-hybridized carbons (Fsp3) is 0.318. The molecule has 26 heavy (non-hydrogen) atoms. The van der Waals surface area contributed by atoms with Crippen molar-refractivity contribution in [2.45, 2.75) is 31.7 Å². The maximum Gasteiger partial charge on any atom is 0.267 e. The minimum atomic E-state index is -0.519. The monoisotopic (exact) mass is 350 g/mol. The van der Waals surface area contributed by atoms with Crippen LogP contribution in [-0.2, 0) is 11.2 Å². The van der Waals surface area contributed by atoms with Crippen molar-refractivity contribution in [1.29, 1.82) is 0 Å². The SMILES string of the molecule is O=C(/C=C/c1ccc(C2CCCN2CCCc2ccccc2)cc1)NO. The van der Waals surface area contributed by atoms with Gasteiger partial charge in [0.15, 0.2) is 0 Å². The standard InChI is InChI=1S/C22H26N2O2/c25-22(23-26)15-12-19-10-13-20(14-11-19)21-9-5-17-24(21)16-4-8-18-6-2-1-3-7-18/h1-3,6-7,10-15,21,26H,4-5,8-9,16-17H2,(H,23,25)/b15-12+. The Morgan fingerprint density at radius 3 is 2.65 bits per heavy atom. The van der Waals surface area contributed by atoms with Crippen molar-refractivity contribution in [1.82, 2.24) is 10.4 Å². The molecule has 0 radical (unpaired) electrons. The number of benzene rings is 2. The molecule has 136 valence electrons. The largest absolute Gasteiger partial charge is 0.296 e. The molecular weight excluding hydrogens is 324 g/mol. The van der Waals surface area contributed by atoms with E-state index in [1.54, 1.807) is 11.6 Å². The van der Waals surface area contributed by atoms with Gasteiger partial charge in [0, 0.05) is 12.1 Å². The number of amides is 1. The molecule has 1 saturated heterocycles. The van der Waals surface area contributed by atoms with Crippen molar-refractivity contribution in [2.24, 2.45) is 0 Å². The van der Waals surface area contributed by atoms with Crippen molar-refractivity contribution in [3.63, 3.8) is 0 Å². The molecule has 3 rings (SSSR count). The molecule has 0 saturated carbocycles. The zero-order chi connectivity index (χ0) is 18.2. The van der Waals surface area contributed by atoms with Gasteiger partial charge in [-0.25, -0.2) is 5.48 Å². The summed E-state index contributed by atoms with van der Waals surface area (Å²) in [6.07, 6.45) is 7.77. The third-order valence-electron chi connectivity index (χ3n) is 4.98. The molecule has 1 aliphatic heterocycles. The number of carbonyl (C=O) groups excluding carboxylic acids is 1. The normalized spacial score (nSPS) is 17.7. The highest BCUT2D eigenvalue weighted by atomic mass is 16.5. The van der Waals surface area contributed by atoms with Gasteiger partial charge in [0.25, 0.3) is 5.91 Å². The van der Waals surface area contributed by atoms with Crippen molar-refractivity contribution < 1.29 is 10.0 Å². The smallest absolute Gasteiger partial charge is 0.267 e. The Morgan fingerprint density at radius 1 is 1.15 bits per heavy atom. The number of likely N-dealkylation sites (tertiary alicyclic amines) is 1. The zero-order valence-electron chi connectivity index (χ0n) is 15.0. The number of rotatable bonds is 7. The van der Waals surface area contributed by atoms with Gasteiger partial charge in [-0.2, -0.15) is 0 Å². The number of carbonyl (C=O) groups is 1. The average molecular weight is 350 g/mol. The minimum Gasteiger partial charge on any atom is -0.296 e. The van der Waals surface area contributed by atoms with Gasteiger partial charge < -0.3 is 0 Å². The van der Waals surface area contributed by atoms with Crippen LogP contribution in [0.2, 0.25) is 0 Å². The van der Waals surface area contributed by atoms with Crippen molar-refractivity contribution in [3.8, 4) is 0 Å². The first-order valence-corrected chi connectivity index (χ1v) is 9.26. The summed E-state index contributed by atoms with van der Waals surface area (Å²) in [4.78, 5) is 13.6. The molecule has 2 N–H and O–H groups in total. The predicted octanol–water partition coefficient (Wildman–Crippen LogP) is 3.97. The molecule has 1 unspecified atom stereocenters. The van der Waals surface area contributed by atoms with E-state index in [1.807, 2.05) is 12.1 Å². The van der Waals surface area contributed by atoms with E-state index in [2.05, 4.69) is 47.4 Å².